The first-order valence-corrected chi connectivity index (χ1v) is 7.64. The Kier molecular flexibility index (Phi) is 3.66. The van der Waals surface area contributed by atoms with Gasteiger partial charge in [-0.25, -0.2) is 4.98 Å². The zero-order valence-electron chi connectivity index (χ0n) is 10.3. The molecule has 0 aromatic carbocycles. The number of rotatable bonds is 3. The second-order valence-electron chi connectivity index (χ2n) is 4.87. The van der Waals surface area contributed by atoms with Gasteiger partial charge >= 0.3 is 0 Å². The summed E-state index contributed by atoms with van der Waals surface area (Å²) in [5.74, 6) is 1.05. The van der Waals surface area contributed by atoms with Crippen molar-refractivity contribution in [3.05, 3.63) is 16.7 Å². The van der Waals surface area contributed by atoms with Gasteiger partial charge in [-0.15, -0.1) is 11.3 Å². The number of nitrogens with one attached hydrogen (secondary N) is 1. The van der Waals surface area contributed by atoms with Crippen molar-refractivity contribution in [2.45, 2.75) is 31.7 Å². The van der Waals surface area contributed by atoms with Gasteiger partial charge in [-0.05, 0) is 48.7 Å². The number of thiophene rings is 1. The van der Waals surface area contributed by atoms with Gasteiger partial charge in [0.15, 0.2) is 0 Å². The summed E-state index contributed by atoms with van der Waals surface area (Å²) in [5.41, 5.74) is 0.883. The van der Waals surface area contributed by atoms with Gasteiger partial charge in [-0.3, -0.25) is 0 Å². The van der Waals surface area contributed by atoms with Crippen LogP contribution in [0.5, 0.6) is 0 Å². The highest BCUT2D eigenvalue weighted by atomic mass is 35.5. The topological polar surface area (TPSA) is 54.9 Å². The zero-order chi connectivity index (χ0) is 13.2. The van der Waals surface area contributed by atoms with E-state index in [1.807, 2.05) is 11.4 Å². The molecule has 0 spiro atoms. The van der Waals surface area contributed by atoms with E-state index in [1.54, 1.807) is 11.3 Å². The van der Waals surface area contributed by atoms with E-state index in [1.165, 1.54) is 0 Å². The first kappa shape index (κ1) is 12.8. The molecule has 100 valence electrons. The molecule has 0 amide bonds. The molecular formula is C13H14ClN3OS. The molecule has 0 radical (unpaired) electrons. The predicted octanol–water partition coefficient (Wildman–Crippen LogP) is 3.51. The molecule has 3 rings (SSSR count). The molecule has 2 heterocycles. The first-order chi connectivity index (χ1) is 9.26. The van der Waals surface area contributed by atoms with Gasteiger partial charge in [-0.1, -0.05) is 0 Å². The van der Waals surface area contributed by atoms with Crippen molar-refractivity contribution in [2.24, 2.45) is 5.92 Å². The number of carbonyl (C=O) groups is 1. The van der Waals surface area contributed by atoms with Crippen LogP contribution in [0.1, 0.15) is 25.7 Å². The number of aldehydes is 1. The lowest BCUT2D eigenvalue weighted by Gasteiger charge is -2.26. The number of aromatic nitrogens is 2. The summed E-state index contributed by atoms with van der Waals surface area (Å²) < 4.78 is 1.04. The fourth-order valence-corrected chi connectivity index (χ4v) is 3.49. The zero-order valence-corrected chi connectivity index (χ0v) is 11.9. The van der Waals surface area contributed by atoms with E-state index in [2.05, 4.69) is 15.3 Å². The maximum Gasteiger partial charge on any atom is 0.224 e. The molecule has 4 nitrogen and oxygen atoms in total. The van der Waals surface area contributed by atoms with E-state index < -0.39 is 0 Å². The van der Waals surface area contributed by atoms with Crippen molar-refractivity contribution in [1.82, 2.24) is 9.97 Å². The molecule has 19 heavy (non-hydrogen) atoms. The largest absolute Gasteiger partial charge is 0.366 e. The third-order valence-corrected chi connectivity index (χ3v) is 4.66. The molecule has 6 heteroatoms. The predicted molar refractivity (Wildman–Crippen MR) is 77.9 cm³/mol. The normalized spacial score (nSPS) is 23.4. The molecule has 1 N–H and O–H groups in total. The monoisotopic (exact) mass is 295 g/mol. The van der Waals surface area contributed by atoms with Crippen LogP contribution in [0.3, 0.4) is 0 Å². The Morgan fingerprint density at radius 2 is 2.11 bits per heavy atom. The van der Waals surface area contributed by atoms with Crippen LogP contribution in [-0.4, -0.2) is 22.3 Å². The number of fused-ring (bicyclic) bond motifs is 1. The Morgan fingerprint density at radius 3 is 2.84 bits per heavy atom. The molecule has 1 aliphatic carbocycles. The minimum Gasteiger partial charge on any atom is -0.366 e. The molecule has 0 atom stereocenters. The minimum absolute atomic E-state index is 0.230. The summed E-state index contributed by atoms with van der Waals surface area (Å²) in [6, 6.07) is 2.31. The highest BCUT2D eigenvalue weighted by molar-refractivity contribution is 7.17. The van der Waals surface area contributed by atoms with Crippen LogP contribution in [0, 0.1) is 5.92 Å². The van der Waals surface area contributed by atoms with Gasteiger partial charge in [0, 0.05) is 12.0 Å². The van der Waals surface area contributed by atoms with Gasteiger partial charge < -0.3 is 10.1 Å². The van der Waals surface area contributed by atoms with Crippen molar-refractivity contribution in [3.63, 3.8) is 0 Å². The Hall–Kier alpha value is -1.20. The Morgan fingerprint density at radius 1 is 1.32 bits per heavy atom. The first-order valence-electron chi connectivity index (χ1n) is 6.39. The number of hydrogen-bond donors (Lipinski definition) is 1. The van der Waals surface area contributed by atoms with Crippen LogP contribution >= 0.6 is 22.9 Å². The lowest BCUT2D eigenvalue weighted by Crippen LogP contribution is -2.27. The third kappa shape index (κ3) is 2.72. The van der Waals surface area contributed by atoms with Crippen molar-refractivity contribution in [3.8, 4) is 0 Å². The van der Waals surface area contributed by atoms with E-state index >= 15 is 0 Å². The lowest BCUT2D eigenvalue weighted by molar-refractivity contribution is -0.111. The molecule has 2 aromatic heterocycles. The second-order valence-corrected chi connectivity index (χ2v) is 6.12. The lowest BCUT2D eigenvalue weighted by atomic mass is 9.87. The van der Waals surface area contributed by atoms with Crippen molar-refractivity contribution >= 4 is 45.3 Å². The van der Waals surface area contributed by atoms with Crippen molar-refractivity contribution < 1.29 is 4.79 Å². The quantitative estimate of drug-likeness (QED) is 0.695. The standard InChI is InChI=1S/C13H14ClN3OS/c14-13-16-10-5-6-19-11(10)12(17-13)15-9-3-1-8(7-18)2-4-9/h5-9H,1-4H2,(H,15,16,17). The van der Waals surface area contributed by atoms with E-state index in [0.717, 1.165) is 48.0 Å². The highest BCUT2D eigenvalue weighted by Crippen LogP contribution is 2.30. The van der Waals surface area contributed by atoms with Crippen molar-refractivity contribution in [1.29, 1.82) is 0 Å². The Labute approximate surface area is 120 Å². The molecule has 2 aromatic rings. The Balaban J connectivity index is 1.78. The summed E-state index contributed by atoms with van der Waals surface area (Å²) in [5, 5.41) is 5.72. The second kappa shape index (κ2) is 5.43. The fourth-order valence-electron chi connectivity index (χ4n) is 2.53. The third-order valence-electron chi connectivity index (χ3n) is 3.58. The fraction of sp³-hybridized carbons (Fsp3) is 0.462. The minimum atomic E-state index is 0.230. The summed E-state index contributed by atoms with van der Waals surface area (Å²) in [7, 11) is 0. The molecule has 0 unspecified atom stereocenters. The molecule has 1 fully saturated rings. The molecule has 1 saturated carbocycles. The van der Waals surface area contributed by atoms with E-state index in [4.69, 9.17) is 11.6 Å². The Bertz CT molecular complexity index is 593. The summed E-state index contributed by atoms with van der Waals surface area (Å²) in [6.45, 7) is 0. The van der Waals surface area contributed by atoms with E-state index in [-0.39, 0.29) is 11.2 Å². The van der Waals surface area contributed by atoms with Crippen LogP contribution < -0.4 is 5.32 Å². The van der Waals surface area contributed by atoms with Gasteiger partial charge in [-0.2, -0.15) is 4.98 Å². The number of carbonyl (C=O) groups excluding carboxylic acids is 1. The number of halogens is 1. The molecule has 0 saturated heterocycles. The average molecular weight is 296 g/mol. The average Bonchev–Trinajstić information content (AvgIpc) is 2.88. The number of hydrogen-bond acceptors (Lipinski definition) is 5. The van der Waals surface area contributed by atoms with Gasteiger partial charge in [0.25, 0.3) is 0 Å². The van der Waals surface area contributed by atoms with Crippen LogP contribution in [0.15, 0.2) is 11.4 Å². The SMILES string of the molecule is O=CC1CCC(Nc2nc(Cl)nc3ccsc23)CC1. The molecule has 1 aliphatic rings. The summed E-state index contributed by atoms with van der Waals surface area (Å²) in [6.07, 6.45) is 4.98. The number of nitrogens with zero attached hydrogens (tertiary/aromatic N) is 2. The smallest absolute Gasteiger partial charge is 0.224 e. The van der Waals surface area contributed by atoms with Crippen LogP contribution in [0.25, 0.3) is 10.2 Å². The number of anilines is 1. The van der Waals surface area contributed by atoms with E-state index in [9.17, 15) is 4.79 Å². The summed E-state index contributed by atoms with van der Waals surface area (Å²) in [4.78, 5) is 19.2. The summed E-state index contributed by atoms with van der Waals surface area (Å²) >= 11 is 7.55. The van der Waals surface area contributed by atoms with Gasteiger partial charge in [0.05, 0.1) is 10.2 Å². The molecular weight excluding hydrogens is 282 g/mol. The molecule has 0 bridgehead atoms. The maximum absolute atomic E-state index is 10.8. The van der Waals surface area contributed by atoms with E-state index in [0.29, 0.717) is 6.04 Å². The van der Waals surface area contributed by atoms with Gasteiger partial charge in [0.2, 0.25) is 5.28 Å². The maximum atomic E-state index is 10.8. The van der Waals surface area contributed by atoms with Crippen LogP contribution in [0.4, 0.5) is 5.82 Å². The molecule has 0 aliphatic heterocycles. The highest BCUT2D eigenvalue weighted by Gasteiger charge is 2.21. The van der Waals surface area contributed by atoms with Gasteiger partial charge in [0.1, 0.15) is 12.1 Å². The van der Waals surface area contributed by atoms with Crippen molar-refractivity contribution in [2.75, 3.05) is 5.32 Å². The van der Waals surface area contributed by atoms with Crippen LogP contribution in [-0.2, 0) is 4.79 Å². The van der Waals surface area contributed by atoms with Crippen LogP contribution in [0.2, 0.25) is 5.28 Å².